The molecule has 6 heteroatoms. The van der Waals surface area contributed by atoms with Crippen molar-refractivity contribution in [2.75, 3.05) is 6.54 Å². The normalized spacial score (nSPS) is 18.7. The first-order chi connectivity index (χ1) is 9.61. The first-order valence-electron chi connectivity index (χ1n) is 7.57. The Morgan fingerprint density at radius 1 is 1.52 bits per heavy atom. The highest BCUT2D eigenvalue weighted by atomic mass is 35.5. The molecule has 2 rings (SSSR count). The van der Waals surface area contributed by atoms with Gasteiger partial charge in [-0.15, -0.1) is 23.7 Å². The number of piperidine rings is 1. The minimum absolute atomic E-state index is 0. The molecule has 0 aliphatic carbocycles. The Balaban J connectivity index is 0.00000220. The van der Waals surface area contributed by atoms with Crippen LogP contribution < -0.4 is 5.73 Å². The largest absolute Gasteiger partial charge is 0.334 e. The molecule has 0 spiro atoms. The van der Waals surface area contributed by atoms with Gasteiger partial charge in [0.15, 0.2) is 0 Å². The van der Waals surface area contributed by atoms with Gasteiger partial charge in [0, 0.05) is 24.5 Å². The molecule has 2 heterocycles. The lowest BCUT2D eigenvalue weighted by molar-refractivity contribution is 0.0588. The summed E-state index contributed by atoms with van der Waals surface area (Å²) in [4.78, 5) is 19.0. The van der Waals surface area contributed by atoms with Crippen LogP contribution in [-0.4, -0.2) is 28.4 Å². The van der Waals surface area contributed by atoms with Crippen molar-refractivity contribution >= 4 is 29.7 Å². The highest BCUT2D eigenvalue weighted by molar-refractivity contribution is 7.09. The van der Waals surface area contributed by atoms with Gasteiger partial charge in [0.25, 0.3) is 5.91 Å². The summed E-state index contributed by atoms with van der Waals surface area (Å²) < 4.78 is 0. The summed E-state index contributed by atoms with van der Waals surface area (Å²) in [6, 6.07) is 0.390. The molecule has 1 aromatic rings. The lowest BCUT2D eigenvalue weighted by atomic mass is 9.94. The lowest BCUT2D eigenvalue weighted by Gasteiger charge is -2.35. The smallest absolute Gasteiger partial charge is 0.273 e. The third-order valence-electron chi connectivity index (χ3n) is 3.91. The summed E-state index contributed by atoms with van der Waals surface area (Å²) >= 11 is 1.48. The standard InChI is InChI=1S/C15H25N3OS.ClH/c1-11(2)6-7-12-5-3-4-8-18(12)15(19)13-10-20-14(9-16)17-13;/h10-12H,3-9,16H2,1-2H3;1H. The number of thiazole rings is 1. The second kappa shape index (κ2) is 8.71. The maximum Gasteiger partial charge on any atom is 0.273 e. The number of rotatable bonds is 5. The average Bonchev–Trinajstić information content (AvgIpc) is 2.93. The predicted octanol–water partition coefficient (Wildman–Crippen LogP) is 3.45. The first-order valence-corrected chi connectivity index (χ1v) is 8.45. The van der Waals surface area contributed by atoms with Crippen LogP contribution >= 0.6 is 23.7 Å². The fourth-order valence-corrected chi connectivity index (χ4v) is 3.39. The van der Waals surface area contributed by atoms with Crippen LogP contribution in [0.15, 0.2) is 5.38 Å². The van der Waals surface area contributed by atoms with Gasteiger partial charge in [-0.1, -0.05) is 13.8 Å². The number of carbonyl (C=O) groups is 1. The van der Waals surface area contributed by atoms with Gasteiger partial charge in [-0.2, -0.15) is 0 Å². The van der Waals surface area contributed by atoms with Gasteiger partial charge >= 0.3 is 0 Å². The van der Waals surface area contributed by atoms with Crippen LogP contribution in [0, 0.1) is 5.92 Å². The molecule has 1 unspecified atom stereocenters. The molecule has 1 saturated heterocycles. The fraction of sp³-hybridized carbons (Fsp3) is 0.733. The monoisotopic (exact) mass is 331 g/mol. The maximum absolute atomic E-state index is 12.6. The van der Waals surface area contributed by atoms with E-state index in [0.717, 1.165) is 30.8 Å². The quantitative estimate of drug-likeness (QED) is 0.898. The van der Waals surface area contributed by atoms with E-state index in [1.807, 2.05) is 10.3 Å². The molecule has 1 amide bonds. The summed E-state index contributed by atoms with van der Waals surface area (Å²) in [6.07, 6.45) is 5.76. The Morgan fingerprint density at radius 3 is 2.90 bits per heavy atom. The number of nitrogens with zero attached hydrogens (tertiary/aromatic N) is 2. The highest BCUT2D eigenvalue weighted by Gasteiger charge is 2.28. The second-order valence-electron chi connectivity index (χ2n) is 5.95. The first kappa shape index (κ1) is 18.4. The molecule has 0 radical (unpaired) electrons. The molecular formula is C15H26ClN3OS. The maximum atomic E-state index is 12.6. The molecule has 1 aliphatic heterocycles. The molecule has 2 N–H and O–H groups in total. The molecule has 1 fully saturated rings. The van der Waals surface area contributed by atoms with Gasteiger partial charge in [0.2, 0.25) is 0 Å². The number of hydrogen-bond acceptors (Lipinski definition) is 4. The molecule has 0 saturated carbocycles. The van der Waals surface area contributed by atoms with Crippen LogP contribution in [0.1, 0.15) is 61.4 Å². The molecule has 1 aromatic heterocycles. The van der Waals surface area contributed by atoms with E-state index in [-0.39, 0.29) is 18.3 Å². The fourth-order valence-electron chi connectivity index (χ4n) is 2.74. The number of nitrogens with two attached hydrogens (primary N) is 1. The van der Waals surface area contributed by atoms with Crippen LogP contribution in [-0.2, 0) is 6.54 Å². The zero-order chi connectivity index (χ0) is 14.5. The molecule has 0 bridgehead atoms. The molecule has 120 valence electrons. The molecule has 0 aromatic carbocycles. The van der Waals surface area contributed by atoms with E-state index < -0.39 is 0 Å². The zero-order valence-electron chi connectivity index (χ0n) is 12.9. The van der Waals surface area contributed by atoms with Gasteiger partial charge in [-0.25, -0.2) is 4.98 Å². The van der Waals surface area contributed by atoms with Crippen molar-refractivity contribution in [1.82, 2.24) is 9.88 Å². The summed E-state index contributed by atoms with van der Waals surface area (Å²) in [5.74, 6) is 0.784. The van der Waals surface area contributed by atoms with Crippen molar-refractivity contribution in [3.63, 3.8) is 0 Å². The van der Waals surface area contributed by atoms with Gasteiger partial charge < -0.3 is 10.6 Å². The van der Waals surface area contributed by atoms with E-state index in [2.05, 4.69) is 18.8 Å². The summed E-state index contributed by atoms with van der Waals surface area (Å²) in [7, 11) is 0. The Kier molecular flexibility index (Phi) is 7.63. The van der Waals surface area contributed by atoms with Crippen molar-refractivity contribution in [3.05, 3.63) is 16.1 Å². The predicted molar refractivity (Wildman–Crippen MR) is 90.0 cm³/mol. The Morgan fingerprint density at radius 2 is 2.29 bits per heavy atom. The second-order valence-corrected chi connectivity index (χ2v) is 6.89. The van der Waals surface area contributed by atoms with Crippen molar-refractivity contribution < 1.29 is 4.79 Å². The van der Waals surface area contributed by atoms with E-state index in [0.29, 0.717) is 24.2 Å². The SMILES string of the molecule is CC(C)CCC1CCCCN1C(=O)c1csc(CN)n1.Cl. The third kappa shape index (κ3) is 4.94. The lowest BCUT2D eigenvalue weighted by Crippen LogP contribution is -2.44. The number of likely N-dealkylation sites (tertiary alicyclic amines) is 1. The van der Waals surface area contributed by atoms with Crippen LogP contribution in [0.25, 0.3) is 0 Å². The van der Waals surface area contributed by atoms with Crippen molar-refractivity contribution in [3.8, 4) is 0 Å². The van der Waals surface area contributed by atoms with E-state index in [9.17, 15) is 4.79 Å². The minimum Gasteiger partial charge on any atom is -0.334 e. The Bertz CT molecular complexity index is 450. The number of carbonyl (C=O) groups excluding carboxylic acids is 1. The molecule has 4 nitrogen and oxygen atoms in total. The average molecular weight is 332 g/mol. The molecule has 1 atom stereocenters. The Labute approximate surface area is 137 Å². The van der Waals surface area contributed by atoms with E-state index in [1.165, 1.54) is 24.2 Å². The highest BCUT2D eigenvalue weighted by Crippen LogP contribution is 2.24. The van der Waals surface area contributed by atoms with E-state index in [4.69, 9.17) is 5.73 Å². The van der Waals surface area contributed by atoms with Crippen molar-refractivity contribution in [1.29, 1.82) is 0 Å². The molecule has 21 heavy (non-hydrogen) atoms. The summed E-state index contributed by atoms with van der Waals surface area (Å²) in [5, 5.41) is 2.68. The minimum atomic E-state index is 0. The van der Waals surface area contributed by atoms with Gasteiger partial charge in [0.1, 0.15) is 10.7 Å². The summed E-state index contributed by atoms with van der Waals surface area (Å²) in [5.41, 5.74) is 6.15. The van der Waals surface area contributed by atoms with Crippen LogP contribution in [0.5, 0.6) is 0 Å². The molecular weight excluding hydrogens is 306 g/mol. The van der Waals surface area contributed by atoms with Crippen LogP contribution in [0.3, 0.4) is 0 Å². The number of amides is 1. The summed E-state index contributed by atoms with van der Waals surface area (Å²) in [6.45, 7) is 5.76. The van der Waals surface area contributed by atoms with Gasteiger partial charge in [-0.05, 0) is 38.0 Å². The van der Waals surface area contributed by atoms with Gasteiger partial charge in [0.05, 0.1) is 0 Å². The number of aromatic nitrogens is 1. The van der Waals surface area contributed by atoms with Crippen LogP contribution in [0.2, 0.25) is 0 Å². The number of halogens is 1. The van der Waals surface area contributed by atoms with E-state index >= 15 is 0 Å². The van der Waals surface area contributed by atoms with Crippen LogP contribution in [0.4, 0.5) is 0 Å². The van der Waals surface area contributed by atoms with Crippen molar-refractivity contribution in [2.24, 2.45) is 11.7 Å². The van der Waals surface area contributed by atoms with Gasteiger partial charge in [-0.3, -0.25) is 4.79 Å². The number of hydrogen-bond donors (Lipinski definition) is 1. The Hall–Kier alpha value is -0.650. The van der Waals surface area contributed by atoms with Crippen molar-refractivity contribution in [2.45, 2.75) is 58.5 Å². The molecule has 1 aliphatic rings. The zero-order valence-corrected chi connectivity index (χ0v) is 14.5. The third-order valence-corrected chi connectivity index (χ3v) is 4.78. The van der Waals surface area contributed by atoms with E-state index in [1.54, 1.807) is 0 Å². The topological polar surface area (TPSA) is 59.2 Å².